The number of aromatic nitrogens is 3. The number of hydrogen-bond acceptors (Lipinski definition) is 4. The fourth-order valence-corrected chi connectivity index (χ4v) is 7.21. The molecule has 0 unspecified atom stereocenters. The van der Waals surface area contributed by atoms with Gasteiger partial charge in [-0.15, -0.1) is 0 Å². The average molecular weight is 696 g/mol. The molecule has 0 bridgehead atoms. The van der Waals surface area contributed by atoms with Crippen LogP contribution >= 0.6 is 0 Å². The highest BCUT2D eigenvalue weighted by Gasteiger charge is 2.25. The summed E-state index contributed by atoms with van der Waals surface area (Å²) in [6.45, 7) is 1.22. The smallest absolute Gasteiger partial charge is 0.233 e. The van der Waals surface area contributed by atoms with Crippen molar-refractivity contribution >= 4 is 27.6 Å². The summed E-state index contributed by atoms with van der Waals surface area (Å²) >= 11 is 0. The fourth-order valence-electron chi connectivity index (χ4n) is 7.21. The van der Waals surface area contributed by atoms with E-state index < -0.39 is 13.7 Å². The quantitative estimate of drug-likeness (QED) is 0.195. The van der Waals surface area contributed by atoms with E-state index in [1.54, 1.807) is 24.4 Å². The molecule has 0 aliphatic carbocycles. The monoisotopic (exact) mass is 695 g/mol. The van der Waals surface area contributed by atoms with Crippen molar-refractivity contribution in [2.24, 2.45) is 0 Å². The molecular weight excluding hydrogens is 651 g/mol. The topological polar surface area (TPSA) is 63.6 Å². The van der Waals surface area contributed by atoms with Crippen molar-refractivity contribution in [2.75, 3.05) is 0 Å². The van der Waals surface area contributed by atoms with Crippen LogP contribution in [0.25, 0.3) is 83.7 Å². The maximum atomic E-state index is 11.6. The third kappa shape index (κ3) is 5.57. The van der Waals surface area contributed by atoms with Crippen LogP contribution in [-0.4, -0.2) is 19.5 Å². The van der Waals surface area contributed by atoms with Gasteiger partial charge < -0.3 is 9.52 Å². The lowest BCUT2D eigenvalue weighted by Crippen LogP contribution is -2.10. The molecule has 0 saturated heterocycles. The molecule has 5 heteroatoms. The van der Waals surface area contributed by atoms with Gasteiger partial charge in [0.2, 0.25) is 5.71 Å². The molecule has 0 aliphatic rings. The molecule has 5 nitrogen and oxygen atoms in total. The molecule has 0 fully saturated rings. The summed E-state index contributed by atoms with van der Waals surface area (Å²) in [6.07, 6.45) is 1.57. The molecule has 6 aromatic carbocycles. The van der Waals surface area contributed by atoms with Crippen molar-refractivity contribution in [3.05, 3.63) is 156 Å². The molecule has 1 N–H and O–H groups in total. The fraction of sp³-hybridized carbons (Fsp3) is 0.125. The van der Waals surface area contributed by atoms with Gasteiger partial charge in [0, 0.05) is 25.5 Å². The Morgan fingerprint density at radius 2 is 1.47 bits per heavy atom. The second-order valence-corrected chi connectivity index (χ2v) is 14.5. The number of aryl methyl sites for hydroxylation is 2. The van der Waals surface area contributed by atoms with Crippen LogP contribution in [0.2, 0.25) is 0 Å². The number of benzene rings is 6. The molecule has 0 aliphatic heterocycles. The summed E-state index contributed by atoms with van der Waals surface area (Å²) in [6, 6.07) is 41.6. The number of phenolic OH excluding ortho intramolecular Hbond substituents is 1. The highest BCUT2D eigenvalue weighted by Crippen LogP contribution is 2.42. The van der Waals surface area contributed by atoms with E-state index in [1.807, 2.05) is 83.3 Å². The zero-order valence-corrected chi connectivity index (χ0v) is 29.5. The van der Waals surface area contributed by atoms with E-state index in [-0.39, 0.29) is 27.9 Å². The molecule has 9 rings (SSSR count). The Balaban J connectivity index is 1.25. The summed E-state index contributed by atoms with van der Waals surface area (Å²) < 4.78 is 58.1. The van der Waals surface area contributed by atoms with Crippen LogP contribution in [0.15, 0.2) is 144 Å². The molecular formula is C48H39N3O2. The number of nitrogens with zero attached hydrogens (tertiary/aromatic N) is 3. The normalized spacial score (nSPS) is 14.1. The van der Waals surface area contributed by atoms with Gasteiger partial charge in [-0.25, -0.2) is 4.98 Å². The average Bonchev–Trinajstić information content (AvgIpc) is 3.76. The Morgan fingerprint density at radius 3 is 2.25 bits per heavy atom. The highest BCUT2D eigenvalue weighted by molar-refractivity contribution is 6.02. The molecule has 3 aromatic heterocycles. The Bertz CT molecular complexity index is 3050. The van der Waals surface area contributed by atoms with Crippen molar-refractivity contribution in [3.8, 4) is 61.9 Å². The minimum Gasteiger partial charge on any atom is -0.507 e. The minimum absolute atomic E-state index is 0.0375. The van der Waals surface area contributed by atoms with Crippen LogP contribution in [0.5, 0.6) is 5.75 Å². The van der Waals surface area contributed by atoms with Gasteiger partial charge in [-0.1, -0.05) is 112 Å². The number of rotatable bonds is 5. The van der Waals surface area contributed by atoms with Gasteiger partial charge in [-0.05, 0) is 111 Å². The van der Waals surface area contributed by atoms with E-state index in [4.69, 9.17) is 17.6 Å². The number of phenols is 1. The minimum atomic E-state index is -2.54. The van der Waals surface area contributed by atoms with Gasteiger partial charge in [-0.3, -0.25) is 9.38 Å². The second kappa shape index (κ2) is 12.3. The molecule has 9 aromatic rings. The zero-order chi connectivity index (χ0) is 41.4. The van der Waals surface area contributed by atoms with E-state index in [2.05, 4.69) is 44.0 Å². The lowest BCUT2D eigenvalue weighted by Gasteiger charge is -2.19. The number of imidazole rings is 1. The second-order valence-electron chi connectivity index (χ2n) is 14.5. The Morgan fingerprint density at radius 1 is 0.679 bits per heavy atom. The summed E-state index contributed by atoms with van der Waals surface area (Å²) in [5.41, 5.74) is 8.56. The number of oxazole rings is 1. The molecule has 0 atom stereocenters. The highest BCUT2D eigenvalue weighted by atomic mass is 16.3. The third-order valence-electron chi connectivity index (χ3n) is 10.0. The van der Waals surface area contributed by atoms with Gasteiger partial charge >= 0.3 is 0 Å². The Labute approximate surface area is 317 Å². The van der Waals surface area contributed by atoms with Crippen LogP contribution in [0.3, 0.4) is 0 Å². The van der Waals surface area contributed by atoms with Crippen LogP contribution < -0.4 is 0 Å². The summed E-state index contributed by atoms with van der Waals surface area (Å²) in [4.78, 5) is 9.90. The van der Waals surface area contributed by atoms with Gasteiger partial charge in [0.05, 0.1) is 16.8 Å². The first-order chi connectivity index (χ1) is 28.1. The van der Waals surface area contributed by atoms with Crippen molar-refractivity contribution in [2.45, 2.75) is 39.9 Å². The van der Waals surface area contributed by atoms with Gasteiger partial charge in [0.15, 0.2) is 11.4 Å². The summed E-state index contributed by atoms with van der Waals surface area (Å²) in [5.74, 6) is 0.638. The first kappa shape index (κ1) is 26.3. The standard InChI is InChI=1S/C48H39N3O2/c1-29-11-9-12-30(2)44(29)35-23-24-49-40(26-35)34-18-17-32-15-10-16-37(39(32)25-34)45-47-51(46(50-45)38-21-20-36(28-42(38)52)48(3,4)5)41-22-19-33(27-43(41)53-47)31-13-7-6-8-14-31/h6-28,52H,1-5H3/i1D3,2D3. The lowest BCUT2D eigenvalue weighted by molar-refractivity contribution is 0.472. The van der Waals surface area contributed by atoms with E-state index in [9.17, 15) is 5.11 Å². The van der Waals surface area contributed by atoms with Crippen molar-refractivity contribution < 1.29 is 17.7 Å². The molecule has 53 heavy (non-hydrogen) atoms. The van der Waals surface area contributed by atoms with Crippen LogP contribution in [0, 0.1) is 13.7 Å². The van der Waals surface area contributed by atoms with Gasteiger partial charge in [0.25, 0.3) is 0 Å². The SMILES string of the molecule is [2H]C([2H])([2H])c1cccc(C([2H])([2H])[2H])c1-c1ccnc(-c2ccc3cccc(-c4nc(-c5ccc(C(C)(C)C)cc5O)n5c4oc4cc(-c6ccccc6)ccc45)c3c2)c1. The molecule has 0 radical (unpaired) electrons. The Kier molecular flexibility index (Phi) is 6.13. The summed E-state index contributed by atoms with van der Waals surface area (Å²) in [7, 11) is 0. The first-order valence-electron chi connectivity index (χ1n) is 20.5. The maximum absolute atomic E-state index is 11.6. The van der Waals surface area contributed by atoms with Crippen LogP contribution in [0.4, 0.5) is 0 Å². The molecule has 0 saturated carbocycles. The molecule has 258 valence electrons. The first-order valence-corrected chi connectivity index (χ1v) is 17.5. The largest absolute Gasteiger partial charge is 0.507 e. The van der Waals surface area contributed by atoms with E-state index in [0.29, 0.717) is 39.6 Å². The van der Waals surface area contributed by atoms with Gasteiger partial charge in [-0.2, -0.15) is 0 Å². The number of pyridine rings is 1. The van der Waals surface area contributed by atoms with Crippen LogP contribution in [0.1, 0.15) is 45.7 Å². The van der Waals surface area contributed by atoms with E-state index in [0.717, 1.165) is 44.1 Å². The number of hydrogen-bond donors (Lipinski definition) is 1. The van der Waals surface area contributed by atoms with Crippen LogP contribution in [-0.2, 0) is 5.41 Å². The van der Waals surface area contributed by atoms with Crippen molar-refractivity contribution in [3.63, 3.8) is 0 Å². The molecule has 0 amide bonds. The lowest BCUT2D eigenvalue weighted by atomic mass is 9.86. The number of aromatic hydroxyl groups is 1. The molecule has 3 heterocycles. The zero-order valence-electron chi connectivity index (χ0n) is 35.5. The van der Waals surface area contributed by atoms with E-state index in [1.165, 1.54) is 18.2 Å². The van der Waals surface area contributed by atoms with Gasteiger partial charge in [0.1, 0.15) is 11.4 Å². The maximum Gasteiger partial charge on any atom is 0.233 e. The van der Waals surface area contributed by atoms with Crippen molar-refractivity contribution in [1.29, 1.82) is 0 Å². The van der Waals surface area contributed by atoms with Crippen molar-refractivity contribution in [1.82, 2.24) is 14.4 Å². The van der Waals surface area contributed by atoms with E-state index >= 15 is 0 Å². The Hall–Kier alpha value is -6.46. The predicted molar refractivity (Wildman–Crippen MR) is 217 cm³/mol. The third-order valence-corrected chi connectivity index (χ3v) is 10.0. The molecule has 0 spiro atoms. The predicted octanol–water partition coefficient (Wildman–Crippen LogP) is 12.6. The number of fused-ring (bicyclic) bond motifs is 4. The summed E-state index contributed by atoms with van der Waals surface area (Å²) in [5, 5.41) is 13.3.